The van der Waals surface area contributed by atoms with Crippen LogP contribution in [0.1, 0.15) is 41.6 Å². The Labute approximate surface area is 142 Å². The van der Waals surface area contributed by atoms with E-state index in [1.165, 1.54) is 11.1 Å². The highest BCUT2D eigenvalue weighted by Crippen LogP contribution is 2.25. The van der Waals surface area contributed by atoms with Crippen molar-refractivity contribution in [2.75, 3.05) is 19.6 Å². The SMILES string of the molecule is Cc1cccc(CCNC(=O)N2CCC(c3noc(C)n3)CC2)c1. The van der Waals surface area contributed by atoms with E-state index >= 15 is 0 Å². The molecule has 24 heavy (non-hydrogen) atoms. The number of urea groups is 1. The van der Waals surface area contributed by atoms with Crippen LogP contribution in [0.2, 0.25) is 0 Å². The Morgan fingerprint density at radius 2 is 2.12 bits per heavy atom. The van der Waals surface area contributed by atoms with Gasteiger partial charge in [-0.3, -0.25) is 0 Å². The van der Waals surface area contributed by atoms with Crippen molar-refractivity contribution in [1.82, 2.24) is 20.4 Å². The molecule has 1 aliphatic rings. The van der Waals surface area contributed by atoms with Crippen molar-refractivity contribution < 1.29 is 9.32 Å². The van der Waals surface area contributed by atoms with Crippen molar-refractivity contribution in [2.45, 2.75) is 39.0 Å². The van der Waals surface area contributed by atoms with Gasteiger partial charge in [0.2, 0.25) is 5.89 Å². The maximum Gasteiger partial charge on any atom is 0.317 e. The largest absolute Gasteiger partial charge is 0.340 e. The van der Waals surface area contributed by atoms with Crippen LogP contribution in [0.25, 0.3) is 0 Å². The van der Waals surface area contributed by atoms with E-state index in [9.17, 15) is 4.79 Å². The Balaban J connectivity index is 1.42. The molecule has 1 aliphatic heterocycles. The van der Waals surface area contributed by atoms with Crippen LogP contribution in [-0.4, -0.2) is 40.7 Å². The highest BCUT2D eigenvalue weighted by Gasteiger charge is 2.26. The lowest BCUT2D eigenvalue weighted by Gasteiger charge is -2.30. The molecule has 0 aliphatic carbocycles. The predicted molar refractivity (Wildman–Crippen MR) is 90.9 cm³/mol. The van der Waals surface area contributed by atoms with Crippen LogP contribution in [0, 0.1) is 13.8 Å². The van der Waals surface area contributed by atoms with Crippen LogP contribution in [0.5, 0.6) is 0 Å². The summed E-state index contributed by atoms with van der Waals surface area (Å²) in [4.78, 5) is 18.4. The zero-order valence-corrected chi connectivity index (χ0v) is 14.3. The lowest BCUT2D eigenvalue weighted by molar-refractivity contribution is 0.180. The average molecular weight is 328 g/mol. The molecule has 1 fully saturated rings. The maximum atomic E-state index is 12.3. The summed E-state index contributed by atoms with van der Waals surface area (Å²) in [6.45, 7) is 6.00. The number of rotatable bonds is 4. The fraction of sp³-hybridized carbons (Fsp3) is 0.500. The Bertz CT molecular complexity index is 690. The highest BCUT2D eigenvalue weighted by atomic mass is 16.5. The highest BCUT2D eigenvalue weighted by molar-refractivity contribution is 5.74. The van der Waals surface area contributed by atoms with Gasteiger partial charge in [-0.15, -0.1) is 0 Å². The van der Waals surface area contributed by atoms with Crippen molar-refractivity contribution in [3.8, 4) is 0 Å². The lowest BCUT2D eigenvalue weighted by atomic mass is 9.96. The zero-order chi connectivity index (χ0) is 16.9. The van der Waals surface area contributed by atoms with Gasteiger partial charge in [0.15, 0.2) is 5.82 Å². The fourth-order valence-corrected chi connectivity index (χ4v) is 3.11. The van der Waals surface area contributed by atoms with Crippen molar-refractivity contribution in [3.63, 3.8) is 0 Å². The van der Waals surface area contributed by atoms with Crippen molar-refractivity contribution in [1.29, 1.82) is 0 Å². The second kappa shape index (κ2) is 7.47. The van der Waals surface area contributed by atoms with Crippen molar-refractivity contribution >= 4 is 6.03 Å². The van der Waals surface area contributed by atoms with Crippen LogP contribution >= 0.6 is 0 Å². The summed E-state index contributed by atoms with van der Waals surface area (Å²) < 4.78 is 5.04. The summed E-state index contributed by atoms with van der Waals surface area (Å²) in [5.74, 6) is 1.66. The van der Waals surface area contributed by atoms with Gasteiger partial charge in [0.1, 0.15) is 0 Å². The number of nitrogens with zero attached hydrogens (tertiary/aromatic N) is 3. The number of likely N-dealkylation sites (tertiary alicyclic amines) is 1. The van der Waals surface area contributed by atoms with E-state index < -0.39 is 0 Å². The molecule has 6 nitrogen and oxygen atoms in total. The van der Waals surface area contributed by atoms with Gasteiger partial charge in [-0.05, 0) is 31.7 Å². The van der Waals surface area contributed by atoms with Crippen LogP contribution in [0.4, 0.5) is 4.79 Å². The standard InChI is InChI=1S/C18H24N4O2/c1-13-4-3-5-15(12-13)6-9-19-18(23)22-10-7-16(8-11-22)17-20-14(2)24-21-17/h3-5,12,16H,6-11H2,1-2H3,(H,19,23). The van der Waals surface area contributed by atoms with Gasteiger partial charge in [0.25, 0.3) is 0 Å². The quantitative estimate of drug-likeness (QED) is 0.937. The number of carbonyl (C=O) groups is 1. The Morgan fingerprint density at radius 1 is 1.33 bits per heavy atom. The van der Waals surface area contributed by atoms with E-state index in [0.717, 1.165) is 38.2 Å². The maximum absolute atomic E-state index is 12.3. The molecule has 3 rings (SSSR count). The normalized spacial score (nSPS) is 15.5. The first-order valence-electron chi connectivity index (χ1n) is 8.50. The smallest absolute Gasteiger partial charge is 0.317 e. The molecule has 0 spiro atoms. The van der Waals surface area contributed by atoms with Crippen LogP contribution in [0.15, 0.2) is 28.8 Å². The van der Waals surface area contributed by atoms with Gasteiger partial charge >= 0.3 is 6.03 Å². The van der Waals surface area contributed by atoms with Gasteiger partial charge in [-0.2, -0.15) is 4.98 Å². The molecule has 0 bridgehead atoms. The molecule has 0 unspecified atom stereocenters. The first-order valence-corrected chi connectivity index (χ1v) is 8.50. The van der Waals surface area contributed by atoms with Gasteiger partial charge in [-0.1, -0.05) is 35.0 Å². The number of aryl methyl sites for hydroxylation is 2. The third-order valence-corrected chi connectivity index (χ3v) is 4.46. The van der Waals surface area contributed by atoms with E-state index in [0.29, 0.717) is 18.4 Å². The number of benzene rings is 1. The molecule has 2 amide bonds. The van der Waals surface area contributed by atoms with E-state index in [1.807, 2.05) is 4.90 Å². The average Bonchev–Trinajstić information content (AvgIpc) is 3.01. The number of piperidine rings is 1. The van der Waals surface area contributed by atoms with Gasteiger partial charge in [0.05, 0.1) is 0 Å². The number of carbonyl (C=O) groups excluding carboxylic acids is 1. The monoisotopic (exact) mass is 328 g/mol. The number of nitrogens with one attached hydrogen (secondary N) is 1. The van der Waals surface area contributed by atoms with Crippen LogP contribution in [-0.2, 0) is 6.42 Å². The molecule has 1 N–H and O–H groups in total. The number of aromatic nitrogens is 2. The predicted octanol–water partition coefficient (Wildman–Crippen LogP) is 2.82. The topological polar surface area (TPSA) is 71.3 Å². The summed E-state index contributed by atoms with van der Waals surface area (Å²) in [7, 11) is 0. The molecule has 6 heteroatoms. The van der Waals surface area contributed by atoms with E-state index in [4.69, 9.17) is 4.52 Å². The summed E-state index contributed by atoms with van der Waals surface area (Å²) in [5.41, 5.74) is 2.50. The van der Waals surface area contributed by atoms with Gasteiger partial charge in [0, 0.05) is 32.5 Å². The molecular formula is C18H24N4O2. The molecule has 0 radical (unpaired) electrons. The van der Waals surface area contributed by atoms with Crippen LogP contribution < -0.4 is 5.32 Å². The lowest BCUT2D eigenvalue weighted by Crippen LogP contribution is -2.44. The number of hydrogen-bond donors (Lipinski definition) is 1. The van der Waals surface area contributed by atoms with E-state index in [1.54, 1.807) is 6.92 Å². The first kappa shape index (κ1) is 16.5. The molecule has 128 valence electrons. The van der Waals surface area contributed by atoms with Gasteiger partial charge in [-0.25, -0.2) is 4.79 Å². The second-order valence-corrected chi connectivity index (χ2v) is 6.40. The molecule has 1 saturated heterocycles. The Kier molecular flexibility index (Phi) is 5.13. The van der Waals surface area contributed by atoms with Gasteiger partial charge < -0.3 is 14.7 Å². The third-order valence-electron chi connectivity index (χ3n) is 4.46. The Morgan fingerprint density at radius 3 is 2.79 bits per heavy atom. The summed E-state index contributed by atoms with van der Waals surface area (Å²) in [5, 5.41) is 7.01. The minimum Gasteiger partial charge on any atom is -0.340 e. The first-order chi connectivity index (χ1) is 11.6. The summed E-state index contributed by atoms with van der Waals surface area (Å²) in [6.07, 6.45) is 2.61. The van der Waals surface area contributed by atoms with E-state index in [-0.39, 0.29) is 6.03 Å². The molecule has 0 saturated carbocycles. The molecule has 0 atom stereocenters. The third kappa shape index (κ3) is 4.13. The number of amides is 2. The fourth-order valence-electron chi connectivity index (χ4n) is 3.11. The van der Waals surface area contributed by atoms with Crippen molar-refractivity contribution in [2.24, 2.45) is 0 Å². The molecular weight excluding hydrogens is 304 g/mol. The summed E-state index contributed by atoms with van der Waals surface area (Å²) >= 11 is 0. The number of hydrogen-bond acceptors (Lipinski definition) is 4. The molecule has 2 aromatic rings. The minimum absolute atomic E-state index is 0.0189. The molecule has 1 aromatic heterocycles. The zero-order valence-electron chi connectivity index (χ0n) is 14.3. The Hall–Kier alpha value is -2.37. The molecule has 1 aromatic carbocycles. The second-order valence-electron chi connectivity index (χ2n) is 6.40. The minimum atomic E-state index is 0.0189. The van der Waals surface area contributed by atoms with Crippen LogP contribution in [0.3, 0.4) is 0 Å². The molecule has 2 heterocycles. The summed E-state index contributed by atoms with van der Waals surface area (Å²) in [6, 6.07) is 8.40. The van der Waals surface area contributed by atoms with Crippen molar-refractivity contribution in [3.05, 3.63) is 47.1 Å². The van der Waals surface area contributed by atoms with E-state index in [2.05, 4.69) is 46.6 Å².